The summed E-state index contributed by atoms with van der Waals surface area (Å²) in [6, 6.07) is 10.7. The Morgan fingerprint density at radius 1 is 1.15 bits per heavy atom. The largest absolute Gasteiger partial charge is 0.492 e. The van der Waals surface area contributed by atoms with Gasteiger partial charge in [0.05, 0.1) is 10.4 Å². The third-order valence-electron chi connectivity index (χ3n) is 4.14. The maximum absolute atomic E-state index is 13.6. The van der Waals surface area contributed by atoms with Crippen molar-refractivity contribution in [1.82, 2.24) is 8.87 Å². The van der Waals surface area contributed by atoms with Gasteiger partial charge in [-0.1, -0.05) is 12.1 Å². The summed E-state index contributed by atoms with van der Waals surface area (Å²) in [6.45, 7) is 2.89. The summed E-state index contributed by atoms with van der Waals surface area (Å²) < 4.78 is 46.7. The molecule has 0 aliphatic carbocycles. The molecule has 0 aliphatic rings. The lowest BCUT2D eigenvalue weighted by atomic mass is 10.2. The van der Waals surface area contributed by atoms with Gasteiger partial charge in [0.15, 0.2) is 0 Å². The summed E-state index contributed by atoms with van der Waals surface area (Å²) in [5, 5.41) is 0.698. The molecule has 7 heteroatoms. The van der Waals surface area contributed by atoms with Crippen LogP contribution in [-0.2, 0) is 10.0 Å². The first-order chi connectivity index (χ1) is 12.3. The molecule has 3 rings (SSSR count). The molecule has 0 radical (unpaired) electrons. The molecule has 0 spiro atoms. The SMILES string of the molecule is Cc1ccc(F)cc1S(=O)(=O)n1ccc2c(OCCN(C)C)cccc21. The monoisotopic (exact) mass is 376 g/mol. The number of aromatic nitrogens is 1. The number of nitrogens with zero attached hydrogens (tertiary/aromatic N) is 2. The normalized spacial score (nSPS) is 12.0. The summed E-state index contributed by atoms with van der Waals surface area (Å²) in [5.74, 6) is 0.0348. The van der Waals surface area contributed by atoms with Gasteiger partial charge in [0, 0.05) is 18.1 Å². The topological polar surface area (TPSA) is 51.5 Å². The number of likely N-dealkylation sites (N-methyl/N-ethyl adjacent to an activating group) is 1. The van der Waals surface area contributed by atoms with Crippen molar-refractivity contribution in [3.63, 3.8) is 0 Å². The Morgan fingerprint density at radius 2 is 1.92 bits per heavy atom. The Labute approximate surface area is 152 Å². The van der Waals surface area contributed by atoms with E-state index in [2.05, 4.69) is 0 Å². The molecule has 26 heavy (non-hydrogen) atoms. The number of halogens is 1. The first-order valence-corrected chi connectivity index (χ1v) is 9.64. The summed E-state index contributed by atoms with van der Waals surface area (Å²) in [5.41, 5.74) is 0.989. The van der Waals surface area contributed by atoms with Crippen LogP contribution >= 0.6 is 0 Å². The van der Waals surface area contributed by atoms with Gasteiger partial charge < -0.3 is 9.64 Å². The van der Waals surface area contributed by atoms with Crippen molar-refractivity contribution in [3.05, 3.63) is 60.0 Å². The van der Waals surface area contributed by atoms with Crippen LogP contribution in [0.4, 0.5) is 4.39 Å². The standard InChI is InChI=1S/C19H21FN2O3S/c1-14-7-8-15(20)13-19(14)26(23,24)22-10-9-16-17(22)5-4-6-18(16)25-12-11-21(2)3/h4-10,13H,11-12H2,1-3H3. The second-order valence-electron chi connectivity index (χ2n) is 6.37. The first-order valence-electron chi connectivity index (χ1n) is 8.20. The Hall–Kier alpha value is -2.38. The highest BCUT2D eigenvalue weighted by molar-refractivity contribution is 7.90. The second kappa shape index (κ2) is 7.09. The summed E-state index contributed by atoms with van der Waals surface area (Å²) >= 11 is 0. The van der Waals surface area contributed by atoms with Crippen LogP contribution in [0.15, 0.2) is 53.6 Å². The van der Waals surface area contributed by atoms with Crippen LogP contribution in [0.25, 0.3) is 10.9 Å². The fraction of sp³-hybridized carbons (Fsp3) is 0.263. The lowest BCUT2D eigenvalue weighted by molar-refractivity contribution is 0.263. The van der Waals surface area contributed by atoms with E-state index in [4.69, 9.17) is 4.74 Å². The van der Waals surface area contributed by atoms with Crippen molar-refractivity contribution in [2.75, 3.05) is 27.2 Å². The van der Waals surface area contributed by atoms with Crippen LogP contribution in [-0.4, -0.2) is 44.5 Å². The average Bonchev–Trinajstić information content (AvgIpc) is 3.02. The van der Waals surface area contributed by atoms with Crippen molar-refractivity contribution in [2.45, 2.75) is 11.8 Å². The van der Waals surface area contributed by atoms with E-state index in [1.165, 1.54) is 22.3 Å². The van der Waals surface area contributed by atoms with E-state index in [9.17, 15) is 12.8 Å². The molecular weight excluding hydrogens is 355 g/mol. The van der Waals surface area contributed by atoms with E-state index in [0.717, 1.165) is 12.6 Å². The second-order valence-corrected chi connectivity index (χ2v) is 8.15. The lowest BCUT2D eigenvalue weighted by Gasteiger charge is -2.13. The molecule has 0 N–H and O–H groups in total. The molecule has 0 bridgehead atoms. The highest BCUT2D eigenvalue weighted by Crippen LogP contribution is 2.30. The third kappa shape index (κ3) is 3.45. The minimum absolute atomic E-state index is 0.0473. The lowest BCUT2D eigenvalue weighted by Crippen LogP contribution is -2.19. The number of fused-ring (bicyclic) bond motifs is 1. The van der Waals surface area contributed by atoms with Gasteiger partial charge in [-0.05, 0) is 56.9 Å². The molecule has 1 heterocycles. The minimum atomic E-state index is -3.91. The molecule has 1 aromatic heterocycles. The van der Waals surface area contributed by atoms with Gasteiger partial charge in [-0.3, -0.25) is 0 Å². The van der Waals surface area contributed by atoms with Gasteiger partial charge in [0.25, 0.3) is 10.0 Å². The van der Waals surface area contributed by atoms with Crippen LogP contribution in [0.2, 0.25) is 0 Å². The fourth-order valence-corrected chi connectivity index (χ4v) is 4.33. The zero-order chi connectivity index (χ0) is 18.9. The zero-order valence-corrected chi connectivity index (χ0v) is 15.8. The van der Waals surface area contributed by atoms with Gasteiger partial charge in [-0.15, -0.1) is 0 Å². The molecule has 0 aliphatic heterocycles. The maximum Gasteiger partial charge on any atom is 0.268 e. The molecule has 0 unspecified atom stereocenters. The molecule has 0 amide bonds. The number of benzene rings is 2. The van der Waals surface area contributed by atoms with Crippen molar-refractivity contribution < 1.29 is 17.5 Å². The van der Waals surface area contributed by atoms with Crippen LogP contribution in [0.3, 0.4) is 0 Å². The van der Waals surface area contributed by atoms with Gasteiger partial charge in [0.1, 0.15) is 18.2 Å². The first kappa shape index (κ1) is 18.4. The smallest absolute Gasteiger partial charge is 0.268 e. The highest BCUT2D eigenvalue weighted by atomic mass is 32.2. The van der Waals surface area contributed by atoms with E-state index < -0.39 is 15.8 Å². The van der Waals surface area contributed by atoms with E-state index in [1.54, 1.807) is 25.1 Å². The van der Waals surface area contributed by atoms with Gasteiger partial charge >= 0.3 is 0 Å². The number of aryl methyl sites for hydroxylation is 1. The van der Waals surface area contributed by atoms with Crippen LogP contribution in [0.1, 0.15) is 5.56 Å². The predicted octanol–water partition coefficient (Wildman–Crippen LogP) is 3.27. The molecule has 138 valence electrons. The van der Waals surface area contributed by atoms with Crippen molar-refractivity contribution in [2.24, 2.45) is 0 Å². The molecule has 0 atom stereocenters. The Balaban J connectivity index is 2.05. The fourth-order valence-electron chi connectivity index (χ4n) is 2.75. The van der Waals surface area contributed by atoms with Crippen molar-refractivity contribution >= 4 is 20.9 Å². The zero-order valence-electron chi connectivity index (χ0n) is 14.9. The van der Waals surface area contributed by atoms with E-state index >= 15 is 0 Å². The third-order valence-corrected chi connectivity index (χ3v) is 5.97. The number of hydrogen-bond donors (Lipinski definition) is 0. The van der Waals surface area contributed by atoms with E-state index in [0.29, 0.717) is 28.8 Å². The molecule has 0 saturated carbocycles. The highest BCUT2D eigenvalue weighted by Gasteiger charge is 2.22. The quantitative estimate of drug-likeness (QED) is 0.663. The Kier molecular flexibility index (Phi) is 5.02. The summed E-state index contributed by atoms with van der Waals surface area (Å²) in [7, 11) is -0.00785. The number of rotatable bonds is 6. The van der Waals surface area contributed by atoms with E-state index in [1.807, 2.05) is 25.1 Å². The number of ether oxygens (including phenoxy) is 1. The summed E-state index contributed by atoms with van der Waals surface area (Å²) in [6.07, 6.45) is 1.48. The van der Waals surface area contributed by atoms with Gasteiger partial charge in [-0.25, -0.2) is 16.8 Å². The minimum Gasteiger partial charge on any atom is -0.492 e. The van der Waals surface area contributed by atoms with Gasteiger partial charge in [-0.2, -0.15) is 0 Å². The summed E-state index contributed by atoms with van der Waals surface area (Å²) in [4.78, 5) is 1.96. The predicted molar refractivity (Wildman–Crippen MR) is 99.7 cm³/mol. The molecule has 0 saturated heterocycles. The molecule has 5 nitrogen and oxygen atoms in total. The van der Waals surface area contributed by atoms with Gasteiger partial charge in [0.2, 0.25) is 0 Å². The van der Waals surface area contributed by atoms with Crippen LogP contribution in [0.5, 0.6) is 5.75 Å². The number of hydrogen-bond acceptors (Lipinski definition) is 4. The van der Waals surface area contributed by atoms with Crippen LogP contribution in [0, 0.1) is 12.7 Å². The molecule has 3 aromatic rings. The van der Waals surface area contributed by atoms with E-state index in [-0.39, 0.29) is 4.90 Å². The Morgan fingerprint density at radius 3 is 2.65 bits per heavy atom. The molecular formula is C19H21FN2O3S. The van der Waals surface area contributed by atoms with Crippen LogP contribution < -0.4 is 4.74 Å². The average molecular weight is 376 g/mol. The molecule has 2 aromatic carbocycles. The molecule has 0 fully saturated rings. The van der Waals surface area contributed by atoms with Crippen molar-refractivity contribution in [1.29, 1.82) is 0 Å². The maximum atomic E-state index is 13.6. The van der Waals surface area contributed by atoms with Crippen molar-refractivity contribution in [3.8, 4) is 5.75 Å². The Bertz CT molecular complexity index is 1040.